The van der Waals surface area contributed by atoms with Gasteiger partial charge in [-0.25, -0.2) is 0 Å². The fraction of sp³-hybridized carbons (Fsp3) is 0.308. The number of hydrogen-bond donors (Lipinski definition) is 0. The van der Waals surface area contributed by atoms with E-state index in [2.05, 4.69) is 41.0 Å². The van der Waals surface area contributed by atoms with E-state index in [1.54, 1.807) is 12.5 Å². The number of rotatable bonds is 4. The summed E-state index contributed by atoms with van der Waals surface area (Å²) in [7, 11) is 0. The molecule has 0 aliphatic carbocycles. The molecule has 0 saturated carbocycles. The Morgan fingerprint density at radius 1 is 1.41 bits per heavy atom. The van der Waals surface area contributed by atoms with Crippen molar-refractivity contribution in [3.05, 3.63) is 46.3 Å². The first-order chi connectivity index (χ1) is 8.16. The molecule has 2 aromatic rings. The lowest BCUT2D eigenvalue weighted by atomic mass is 10.0. The number of halogens is 1. The highest BCUT2D eigenvalue weighted by Gasteiger charge is 2.09. The van der Waals surface area contributed by atoms with Gasteiger partial charge in [0.2, 0.25) is 0 Å². The van der Waals surface area contributed by atoms with Crippen molar-refractivity contribution in [3.8, 4) is 5.75 Å². The molecule has 0 N–H and O–H groups in total. The smallest absolute Gasteiger partial charge is 0.130 e. The molecule has 0 aliphatic heterocycles. The second-order valence-electron chi connectivity index (χ2n) is 4.16. The van der Waals surface area contributed by atoms with E-state index in [9.17, 15) is 0 Å². The first kappa shape index (κ1) is 12.2. The first-order valence-corrected chi connectivity index (χ1v) is 6.26. The normalized spacial score (nSPS) is 10.8. The Hall–Kier alpha value is -1.29. The summed E-state index contributed by atoms with van der Waals surface area (Å²) in [5.41, 5.74) is 2.12. The predicted molar refractivity (Wildman–Crippen MR) is 69.1 cm³/mol. The van der Waals surface area contributed by atoms with Crippen LogP contribution in [0.3, 0.4) is 0 Å². The molecule has 0 radical (unpaired) electrons. The van der Waals surface area contributed by atoms with Crippen molar-refractivity contribution >= 4 is 15.9 Å². The molecule has 0 unspecified atom stereocenters. The minimum Gasteiger partial charge on any atom is -0.488 e. The standard InChI is InChI=1S/C13H14BrNO2/c1-9(2)12-5-11(14)3-4-13(12)16-7-10-6-15-17-8-10/h3-6,8-9H,7H2,1-2H3. The van der Waals surface area contributed by atoms with Crippen molar-refractivity contribution in [1.82, 2.24) is 5.16 Å². The molecule has 2 rings (SSSR count). The van der Waals surface area contributed by atoms with Crippen LogP contribution in [0.5, 0.6) is 5.75 Å². The van der Waals surface area contributed by atoms with Crippen LogP contribution in [0.1, 0.15) is 30.9 Å². The average molecular weight is 296 g/mol. The van der Waals surface area contributed by atoms with Crippen molar-refractivity contribution in [1.29, 1.82) is 0 Å². The monoisotopic (exact) mass is 295 g/mol. The van der Waals surface area contributed by atoms with Crippen molar-refractivity contribution in [2.45, 2.75) is 26.4 Å². The van der Waals surface area contributed by atoms with Gasteiger partial charge in [-0.2, -0.15) is 0 Å². The fourth-order valence-corrected chi connectivity index (χ4v) is 1.94. The maximum Gasteiger partial charge on any atom is 0.130 e. The van der Waals surface area contributed by atoms with Gasteiger partial charge in [0, 0.05) is 10.0 Å². The van der Waals surface area contributed by atoms with Crippen LogP contribution in [0.4, 0.5) is 0 Å². The highest BCUT2D eigenvalue weighted by molar-refractivity contribution is 9.10. The van der Waals surface area contributed by atoms with Gasteiger partial charge < -0.3 is 9.26 Å². The molecule has 1 aromatic carbocycles. The molecule has 4 heteroatoms. The molecule has 0 saturated heterocycles. The molecule has 0 atom stereocenters. The molecular weight excluding hydrogens is 282 g/mol. The van der Waals surface area contributed by atoms with Crippen LogP contribution in [0.15, 0.2) is 39.7 Å². The van der Waals surface area contributed by atoms with Crippen molar-refractivity contribution in [3.63, 3.8) is 0 Å². The summed E-state index contributed by atoms with van der Waals surface area (Å²) in [5.74, 6) is 1.33. The van der Waals surface area contributed by atoms with E-state index in [1.807, 2.05) is 12.1 Å². The lowest BCUT2D eigenvalue weighted by Gasteiger charge is -2.13. The third-order valence-electron chi connectivity index (χ3n) is 2.47. The molecule has 17 heavy (non-hydrogen) atoms. The van der Waals surface area contributed by atoms with Gasteiger partial charge in [0.25, 0.3) is 0 Å². The minimum atomic E-state index is 0.421. The number of benzene rings is 1. The van der Waals surface area contributed by atoms with E-state index < -0.39 is 0 Å². The summed E-state index contributed by atoms with van der Waals surface area (Å²) in [6, 6.07) is 6.05. The van der Waals surface area contributed by atoms with Gasteiger partial charge in [0.15, 0.2) is 0 Å². The van der Waals surface area contributed by atoms with Crippen molar-refractivity contribution < 1.29 is 9.26 Å². The van der Waals surface area contributed by atoms with E-state index in [0.29, 0.717) is 12.5 Å². The zero-order chi connectivity index (χ0) is 12.3. The number of hydrogen-bond acceptors (Lipinski definition) is 3. The molecular formula is C13H14BrNO2. The lowest BCUT2D eigenvalue weighted by Crippen LogP contribution is -1.99. The summed E-state index contributed by atoms with van der Waals surface area (Å²) in [6.07, 6.45) is 3.25. The van der Waals surface area contributed by atoms with Crippen LogP contribution in [0, 0.1) is 0 Å². The number of ether oxygens (including phenoxy) is 1. The Balaban J connectivity index is 2.14. The molecule has 1 aromatic heterocycles. The highest BCUT2D eigenvalue weighted by atomic mass is 79.9. The van der Waals surface area contributed by atoms with Crippen LogP contribution in [-0.4, -0.2) is 5.16 Å². The molecule has 0 aliphatic rings. The van der Waals surface area contributed by atoms with Crippen molar-refractivity contribution in [2.24, 2.45) is 0 Å². The van der Waals surface area contributed by atoms with Gasteiger partial charge in [0.1, 0.15) is 18.6 Å². The number of aromatic nitrogens is 1. The van der Waals surface area contributed by atoms with Crippen LogP contribution in [-0.2, 0) is 6.61 Å². The Kier molecular flexibility index (Phi) is 3.84. The van der Waals surface area contributed by atoms with Gasteiger partial charge in [0.05, 0.1) is 6.20 Å². The Morgan fingerprint density at radius 2 is 2.24 bits per heavy atom. The van der Waals surface area contributed by atoms with E-state index in [-0.39, 0.29) is 0 Å². The zero-order valence-electron chi connectivity index (χ0n) is 9.81. The topological polar surface area (TPSA) is 35.3 Å². The van der Waals surface area contributed by atoms with E-state index >= 15 is 0 Å². The first-order valence-electron chi connectivity index (χ1n) is 5.47. The van der Waals surface area contributed by atoms with Gasteiger partial charge in [-0.05, 0) is 29.7 Å². The van der Waals surface area contributed by atoms with Crippen LogP contribution in [0.2, 0.25) is 0 Å². The Bertz CT molecular complexity index is 480. The quantitative estimate of drug-likeness (QED) is 0.850. The summed E-state index contributed by atoms with van der Waals surface area (Å²) in [6.45, 7) is 4.77. The van der Waals surface area contributed by atoms with E-state index in [0.717, 1.165) is 15.8 Å². The van der Waals surface area contributed by atoms with Gasteiger partial charge in [-0.15, -0.1) is 0 Å². The van der Waals surface area contributed by atoms with Crippen LogP contribution < -0.4 is 4.74 Å². The lowest BCUT2D eigenvalue weighted by molar-refractivity contribution is 0.300. The maximum absolute atomic E-state index is 5.78. The zero-order valence-corrected chi connectivity index (χ0v) is 11.4. The summed E-state index contributed by atoms with van der Waals surface area (Å²) < 4.78 is 11.6. The van der Waals surface area contributed by atoms with Crippen LogP contribution >= 0.6 is 15.9 Å². The Labute approximate surface area is 109 Å². The summed E-state index contributed by atoms with van der Waals surface area (Å²) >= 11 is 3.47. The second-order valence-corrected chi connectivity index (χ2v) is 5.07. The third-order valence-corrected chi connectivity index (χ3v) is 2.96. The SMILES string of the molecule is CC(C)c1cc(Br)ccc1OCc1cnoc1. The molecule has 0 spiro atoms. The van der Waals surface area contributed by atoms with Gasteiger partial charge >= 0.3 is 0 Å². The number of nitrogens with zero attached hydrogens (tertiary/aromatic N) is 1. The Morgan fingerprint density at radius 3 is 2.88 bits per heavy atom. The van der Waals surface area contributed by atoms with Gasteiger partial charge in [-0.3, -0.25) is 0 Å². The van der Waals surface area contributed by atoms with Crippen molar-refractivity contribution in [2.75, 3.05) is 0 Å². The largest absolute Gasteiger partial charge is 0.488 e. The average Bonchev–Trinajstić information content (AvgIpc) is 2.80. The molecule has 1 heterocycles. The second kappa shape index (κ2) is 5.36. The van der Waals surface area contributed by atoms with E-state index in [1.165, 1.54) is 5.56 Å². The third kappa shape index (κ3) is 3.09. The fourth-order valence-electron chi connectivity index (χ4n) is 1.56. The summed E-state index contributed by atoms with van der Waals surface area (Å²) in [5, 5.41) is 3.64. The molecule has 0 fully saturated rings. The predicted octanol–water partition coefficient (Wildman–Crippen LogP) is 4.14. The summed E-state index contributed by atoms with van der Waals surface area (Å²) in [4.78, 5) is 0. The minimum absolute atomic E-state index is 0.421. The maximum atomic E-state index is 5.78. The van der Waals surface area contributed by atoms with Gasteiger partial charge in [-0.1, -0.05) is 34.9 Å². The molecule has 3 nitrogen and oxygen atoms in total. The van der Waals surface area contributed by atoms with Crippen LogP contribution in [0.25, 0.3) is 0 Å². The molecule has 0 amide bonds. The highest BCUT2D eigenvalue weighted by Crippen LogP contribution is 2.30. The van der Waals surface area contributed by atoms with E-state index in [4.69, 9.17) is 9.26 Å². The molecule has 0 bridgehead atoms. The molecule has 90 valence electrons.